The van der Waals surface area contributed by atoms with Crippen LogP contribution in [0.1, 0.15) is 29.0 Å². The molecule has 1 aromatic carbocycles. The Labute approximate surface area is 172 Å². The van der Waals surface area contributed by atoms with Crippen LogP contribution in [-0.2, 0) is 6.42 Å². The standard InChI is InChI=1S/C22H22BrN3O2/c23-17-3-4-19-16(11-17)12-20(28-19)22(27)25-21-15-5-8-26(9-6-15)18(21)10-14-2-1-7-24-13-14/h1-4,7,11-13,15,18,21H,5-6,8-10H2,(H,25,27)/t18-,21+/m0/s1. The van der Waals surface area contributed by atoms with E-state index in [9.17, 15) is 4.79 Å². The Morgan fingerprint density at radius 1 is 1.25 bits per heavy atom. The molecule has 3 aliphatic heterocycles. The highest BCUT2D eigenvalue weighted by atomic mass is 79.9. The number of carbonyl (C=O) groups is 1. The molecule has 0 radical (unpaired) electrons. The van der Waals surface area contributed by atoms with Crippen LogP contribution in [0.25, 0.3) is 11.0 Å². The summed E-state index contributed by atoms with van der Waals surface area (Å²) < 4.78 is 6.78. The number of pyridine rings is 1. The van der Waals surface area contributed by atoms with Gasteiger partial charge in [0.25, 0.3) is 5.91 Å². The summed E-state index contributed by atoms with van der Waals surface area (Å²) in [7, 11) is 0. The highest BCUT2D eigenvalue weighted by Crippen LogP contribution is 2.34. The fourth-order valence-corrected chi connectivity index (χ4v) is 5.11. The molecule has 0 unspecified atom stereocenters. The molecule has 2 bridgehead atoms. The summed E-state index contributed by atoms with van der Waals surface area (Å²) >= 11 is 3.47. The third-order valence-electron chi connectivity index (χ3n) is 6.13. The number of hydrogen-bond donors (Lipinski definition) is 1. The van der Waals surface area contributed by atoms with Crippen LogP contribution in [-0.4, -0.2) is 41.0 Å². The van der Waals surface area contributed by atoms with Gasteiger partial charge in [-0.2, -0.15) is 0 Å². The minimum absolute atomic E-state index is 0.123. The predicted octanol–water partition coefficient (Wildman–Crippen LogP) is 4.03. The summed E-state index contributed by atoms with van der Waals surface area (Å²) in [6.07, 6.45) is 6.92. The summed E-state index contributed by atoms with van der Waals surface area (Å²) in [6, 6.07) is 12.1. The van der Waals surface area contributed by atoms with Crippen LogP contribution >= 0.6 is 15.9 Å². The third kappa shape index (κ3) is 3.35. The van der Waals surface area contributed by atoms with Crippen LogP contribution in [0.2, 0.25) is 0 Å². The van der Waals surface area contributed by atoms with E-state index in [1.54, 1.807) is 6.20 Å². The smallest absolute Gasteiger partial charge is 0.287 e. The molecule has 3 saturated heterocycles. The van der Waals surface area contributed by atoms with Gasteiger partial charge in [-0.3, -0.25) is 14.7 Å². The fraction of sp³-hybridized carbons (Fsp3) is 0.364. The molecule has 0 saturated carbocycles. The zero-order valence-corrected chi connectivity index (χ0v) is 17.1. The van der Waals surface area contributed by atoms with Crippen LogP contribution in [0.5, 0.6) is 0 Å². The number of rotatable bonds is 4. The van der Waals surface area contributed by atoms with Gasteiger partial charge in [0.05, 0.1) is 0 Å². The Balaban J connectivity index is 1.38. The summed E-state index contributed by atoms with van der Waals surface area (Å²) in [5.74, 6) is 0.779. The van der Waals surface area contributed by atoms with E-state index in [1.807, 2.05) is 36.5 Å². The van der Waals surface area contributed by atoms with Gasteiger partial charge in [-0.05, 0) is 74.2 Å². The van der Waals surface area contributed by atoms with Gasteiger partial charge in [0.1, 0.15) is 5.58 Å². The van der Waals surface area contributed by atoms with Gasteiger partial charge in [-0.25, -0.2) is 0 Å². The average Bonchev–Trinajstić information content (AvgIpc) is 3.14. The number of aromatic nitrogens is 1. The van der Waals surface area contributed by atoms with Crippen molar-refractivity contribution in [2.45, 2.75) is 31.3 Å². The molecule has 0 spiro atoms. The zero-order valence-electron chi connectivity index (χ0n) is 15.5. The highest BCUT2D eigenvalue weighted by Gasteiger charge is 2.43. The molecule has 6 rings (SSSR count). The van der Waals surface area contributed by atoms with Gasteiger partial charge in [-0.15, -0.1) is 0 Å². The lowest BCUT2D eigenvalue weighted by atomic mass is 9.76. The van der Waals surface area contributed by atoms with Gasteiger partial charge in [-0.1, -0.05) is 22.0 Å². The minimum atomic E-state index is -0.123. The molecule has 2 atom stereocenters. The molecule has 0 aliphatic carbocycles. The van der Waals surface area contributed by atoms with Crippen molar-refractivity contribution in [2.24, 2.45) is 5.92 Å². The Hall–Kier alpha value is -2.18. The van der Waals surface area contributed by atoms with Crippen LogP contribution in [0.4, 0.5) is 0 Å². The third-order valence-corrected chi connectivity index (χ3v) is 6.63. The molecular weight excluding hydrogens is 418 g/mol. The van der Waals surface area contributed by atoms with E-state index >= 15 is 0 Å². The lowest BCUT2D eigenvalue weighted by Gasteiger charge is -2.51. The summed E-state index contributed by atoms with van der Waals surface area (Å²) in [4.78, 5) is 19.8. The second kappa shape index (κ2) is 7.33. The van der Waals surface area contributed by atoms with E-state index in [4.69, 9.17) is 4.42 Å². The fourth-order valence-electron chi connectivity index (χ4n) is 4.73. The first-order valence-corrected chi connectivity index (χ1v) is 10.6. The maximum absolute atomic E-state index is 13.0. The molecule has 28 heavy (non-hydrogen) atoms. The average molecular weight is 440 g/mol. The van der Waals surface area contributed by atoms with Crippen molar-refractivity contribution in [1.82, 2.24) is 15.2 Å². The van der Waals surface area contributed by atoms with Crippen molar-refractivity contribution < 1.29 is 9.21 Å². The molecular formula is C22H22BrN3O2. The first-order chi connectivity index (χ1) is 13.7. The lowest BCUT2D eigenvalue weighted by molar-refractivity contribution is 0.0131. The van der Waals surface area contributed by atoms with Gasteiger partial charge >= 0.3 is 0 Å². The number of hydrogen-bond acceptors (Lipinski definition) is 4. The number of carbonyl (C=O) groups excluding carboxylic acids is 1. The second-order valence-electron chi connectivity index (χ2n) is 7.80. The largest absolute Gasteiger partial charge is 0.451 e. The van der Waals surface area contributed by atoms with E-state index in [0.29, 0.717) is 17.7 Å². The summed E-state index contributed by atoms with van der Waals surface area (Å²) in [5, 5.41) is 4.24. The molecule has 1 N–H and O–H groups in total. The van der Waals surface area contributed by atoms with Crippen LogP contribution in [0, 0.1) is 5.92 Å². The first-order valence-electron chi connectivity index (χ1n) is 9.80. The number of furan rings is 1. The molecule has 1 amide bonds. The SMILES string of the molecule is O=C(N[C@@H]1C2CCN(CC2)[C@H]1Cc1cccnc1)c1cc2cc(Br)ccc2o1. The van der Waals surface area contributed by atoms with Crippen molar-refractivity contribution in [3.8, 4) is 0 Å². The second-order valence-corrected chi connectivity index (χ2v) is 8.71. The molecule has 5 nitrogen and oxygen atoms in total. The number of nitrogens with one attached hydrogen (secondary N) is 1. The van der Waals surface area contributed by atoms with E-state index < -0.39 is 0 Å². The highest BCUT2D eigenvalue weighted by molar-refractivity contribution is 9.10. The van der Waals surface area contributed by atoms with Gasteiger partial charge in [0, 0.05) is 34.3 Å². The Morgan fingerprint density at radius 3 is 2.89 bits per heavy atom. The first kappa shape index (κ1) is 17.9. The summed E-state index contributed by atoms with van der Waals surface area (Å²) in [6.45, 7) is 2.22. The van der Waals surface area contributed by atoms with Gasteiger partial charge in [0.15, 0.2) is 5.76 Å². The van der Waals surface area contributed by atoms with Crippen LogP contribution < -0.4 is 5.32 Å². The van der Waals surface area contributed by atoms with Crippen molar-refractivity contribution in [3.05, 3.63) is 64.6 Å². The molecule has 3 fully saturated rings. The van der Waals surface area contributed by atoms with Crippen molar-refractivity contribution in [2.75, 3.05) is 13.1 Å². The minimum Gasteiger partial charge on any atom is -0.451 e. The maximum Gasteiger partial charge on any atom is 0.287 e. The number of amides is 1. The summed E-state index contributed by atoms with van der Waals surface area (Å²) in [5.41, 5.74) is 1.95. The van der Waals surface area contributed by atoms with E-state index in [-0.39, 0.29) is 11.9 Å². The predicted molar refractivity (Wildman–Crippen MR) is 111 cm³/mol. The van der Waals surface area contributed by atoms with E-state index in [1.165, 1.54) is 5.56 Å². The number of piperidine rings is 3. The molecule has 6 heteroatoms. The normalized spacial score (nSPS) is 26.5. The van der Waals surface area contributed by atoms with E-state index in [0.717, 1.165) is 47.8 Å². The van der Waals surface area contributed by atoms with Crippen molar-refractivity contribution in [1.29, 1.82) is 0 Å². The number of halogens is 1. The Morgan fingerprint density at radius 2 is 2.11 bits per heavy atom. The molecule has 3 aliphatic rings. The number of benzene rings is 1. The molecule has 144 valence electrons. The monoisotopic (exact) mass is 439 g/mol. The van der Waals surface area contributed by atoms with E-state index in [2.05, 4.69) is 37.2 Å². The molecule has 5 heterocycles. The number of fused-ring (bicyclic) bond motifs is 4. The Bertz CT molecular complexity index is 995. The maximum atomic E-state index is 13.0. The van der Waals surface area contributed by atoms with Crippen LogP contribution in [0.15, 0.2) is 57.7 Å². The lowest BCUT2D eigenvalue weighted by Crippen LogP contribution is -2.64. The van der Waals surface area contributed by atoms with Crippen LogP contribution in [0.3, 0.4) is 0 Å². The quantitative estimate of drug-likeness (QED) is 0.666. The number of nitrogens with zero attached hydrogens (tertiary/aromatic N) is 2. The Kier molecular flexibility index (Phi) is 4.69. The molecule has 3 aromatic rings. The van der Waals surface area contributed by atoms with Crippen molar-refractivity contribution >= 4 is 32.8 Å². The molecule has 2 aromatic heterocycles. The van der Waals surface area contributed by atoms with Crippen molar-refractivity contribution in [3.63, 3.8) is 0 Å². The topological polar surface area (TPSA) is 58.4 Å². The zero-order chi connectivity index (χ0) is 19.1. The van der Waals surface area contributed by atoms with Gasteiger partial charge in [0.2, 0.25) is 0 Å². The van der Waals surface area contributed by atoms with Gasteiger partial charge < -0.3 is 9.73 Å².